The van der Waals surface area contributed by atoms with Gasteiger partial charge in [-0.25, -0.2) is 4.98 Å². The van der Waals surface area contributed by atoms with Crippen LogP contribution in [0.4, 0.5) is 0 Å². The van der Waals surface area contributed by atoms with E-state index in [1.807, 2.05) is 35.9 Å². The van der Waals surface area contributed by atoms with Crippen molar-refractivity contribution in [2.45, 2.75) is 13.5 Å². The molecule has 2 heterocycles. The van der Waals surface area contributed by atoms with Crippen molar-refractivity contribution in [1.82, 2.24) is 9.38 Å². The smallest absolute Gasteiger partial charge is 0.179 e. The van der Waals surface area contributed by atoms with Gasteiger partial charge in [-0.3, -0.25) is 0 Å². The molecule has 0 radical (unpaired) electrons. The minimum Gasteiger partial charge on any atom is -0.485 e. The SMILES string of the molecule is C=C(C)COc1cccn2cc(CN)nc12. The fraction of sp³-hybridized carbons (Fsp3) is 0.250. The Kier molecular flexibility index (Phi) is 2.92. The molecule has 0 aliphatic rings. The topological polar surface area (TPSA) is 52.5 Å². The predicted molar refractivity (Wildman–Crippen MR) is 63.4 cm³/mol. The molecule has 0 spiro atoms. The number of hydrogen-bond donors (Lipinski definition) is 1. The van der Waals surface area contributed by atoms with Crippen LogP contribution in [-0.4, -0.2) is 16.0 Å². The van der Waals surface area contributed by atoms with E-state index in [1.165, 1.54) is 0 Å². The Labute approximate surface area is 94.4 Å². The van der Waals surface area contributed by atoms with E-state index in [9.17, 15) is 0 Å². The first kappa shape index (κ1) is 10.7. The van der Waals surface area contributed by atoms with E-state index in [2.05, 4.69) is 11.6 Å². The van der Waals surface area contributed by atoms with Crippen LogP contribution in [0.2, 0.25) is 0 Å². The molecule has 0 atom stereocenters. The van der Waals surface area contributed by atoms with Crippen LogP contribution in [0.3, 0.4) is 0 Å². The van der Waals surface area contributed by atoms with Crippen molar-refractivity contribution in [3.05, 3.63) is 42.4 Å². The maximum absolute atomic E-state index is 5.61. The fourth-order valence-electron chi connectivity index (χ4n) is 1.45. The Morgan fingerprint density at radius 1 is 1.62 bits per heavy atom. The third kappa shape index (κ3) is 2.06. The molecule has 0 aromatic carbocycles. The summed E-state index contributed by atoms with van der Waals surface area (Å²) in [6.07, 6.45) is 3.83. The highest BCUT2D eigenvalue weighted by atomic mass is 16.5. The summed E-state index contributed by atoms with van der Waals surface area (Å²) in [5, 5.41) is 0. The van der Waals surface area contributed by atoms with E-state index >= 15 is 0 Å². The van der Waals surface area contributed by atoms with Gasteiger partial charge in [-0.2, -0.15) is 0 Å². The monoisotopic (exact) mass is 217 g/mol. The van der Waals surface area contributed by atoms with Gasteiger partial charge < -0.3 is 14.9 Å². The average molecular weight is 217 g/mol. The van der Waals surface area contributed by atoms with Gasteiger partial charge >= 0.3 is 0 Å². The molecular formula is C12H15N3O. The molecule has 84 valence electrons. The number of imidazole rings is 1. The summed E-state index contributed by atoms with van der Waals surface area (Å²) in [4.78, 5) is 4.39. The molecule has 0 bridgehead atoms. The summed E-state index contributed by atoms with van der Waals surface area (Å²) in [7, 11) is 0. The largest absolute Gasteiger partial charge is 0.485 e. The van der Waals surface area contributed by atoms with Crippen LogP contribution in [-0.2, 0) is 6.54 Å². The molecule has 2 aromatic rings. The maximum atomic E-state index is 5.61. The lowest BCUT2D eigenvalue weighted by atomic mass is 10.4. The number of hydrogen-bond acceptors (Lipinski definition) is 3. The Balaban J connectivity index is 2.36. The van der Waals surface area contributed by atoms with Crippen LogP contribution in [0, 0.1) is 0 Å². The Hall–Kier alpha value is -1.81. The highest BCUT2D eigenvalue weighted by Gasteiger charge is 2.06. The number of aromatic nitrogens is 2. The number of fused-ring (bicyclic) bond motifs is 1. The lowest BCUT2D eigenvalue weighted by Gasteiger charge is -2.06. The summed E-state index contributed by atoms with van der Waals surface area (Å²) in [5.74, 6) is 0.755. The van der Waals surface area contributed by atoms with Crippen LogP contribution < -0.4 is 10.5 Å². The van der Waals surface area contributed by atoms with Crippen LogP contribution in [0.15, 0.2) is 36.7 Å². The van der Waals surface area contributed by atoms with Crippen molar-refractivity contribution < 1.29 is 4.74 Å². The number of nitrogens with zero attached hydrogens (tertiary/aromatic N) is 2. The third-order valence-electron chi connectivity index (χ3n) is 2.18. The lowest BCUT2D eigenvalue weighted by molar-refractivity contribution is 0.354. The second-order valence-corrected chi connectivity index (χ2v) is 3.79. The number of rotatable bonds is 4. The second-order valence-electron chi connectivity index (χ2n) is 3.79. The van der Waals surface area contributed by atoms with Gasteiger partial charge in [0.25, 0.3) is 0 Å². The van der Waals surface area contributed by atoms with Gasteiger partial charge in [-0.1, -0.05) is 6.58 Å². The van der Waals surface area contributed by atoms with E-state index in [0.29, 0.717) is 13.2 Å². The number of pyridine rings is 1. The van der Waals surface area contributed by atoms with E-state index in [4.69, 9.17) is 10.5 Å². The van der Waals surface area contributed by atoms with Gasteiger partial charge in [0, 0.05) is 18.9 Å². The number of nitrogens with two attached hydrogens (primary N) is 1. The lowest BCUT2D eigenvalue weighted by Crippen LogP contribution is -1.99. The van der Waals surface area contributed by atoms with Gasteiger partial charge in [-0.05, 0) is 24.6 Å². The van der Waals surface area contributed by atoms with Gasteiger partial charge in [0.2, 0.25) is 0 Å². The predicted octanol–water partition coefficient (Wildman–Crippen LogP) is 1.75. The molecule has 2 aromatic heterocycles. The first-order chi connectivity index (χ1) is 7.70. The molecule has 0 amide bonds. The van der Waals surface area contributed by atoms with Gasteiger partial charge in [0.1, 0.15) is 6.61 Å². The first-order valence-electron chi connectivity index (χ1n) is 5.14. The van der Waals surface area contributed by atoms with E-state index in [1.54, 1.807) is 0 Å². The van der Waals surface area contributed by atoms with E-state index in [-0.39, 0.29) is 0 Å². The van der Waals surface area contributed by atoms with Gasteiger partial charge in [0.15, 0.2) is 11.4 Å². The standard InChI is InChI=1S/C12H15N3O/c1-9(2)8-16-11-4-3-5-15-7-10(6-13)14-12(11)15/h3-5,7H,1,6,8,13H2,2H3. The average Bonchev–Trinajstić information content (AvgIpc) is 2.69. The Bertz CT molecular complexity index is 516. The van der Waals surface area contributed by atoms with E-state index in [0.717, 1.165) is 22.7 Å². The zero-order valence-electron chi connectivity index (χ0n) is 9.31. The van der Waals surface area contributed by atoms with Crippen molar-refractivity contribution in [3.8, 4) is 5.75 Å². The van der Waals surface area contributed by atoms with Crippen molar-refractivity contribution in [3.63, 3.8) is 0 Å². The van der Waals surface area contributed by atoms with Gasteiger partial charge in [-0.15, -0.1) is 0 Å². The zero-order chi connectivity index (χ0) is 11.5. The van der Waals surface area contributed by atoms with Crippen molar-refractivity contribution in [2.24, 2.45) is 5.73 Å². The highest BCUT2D eigenvalue weighted by molar-refractivity contribution is 5.54. The van der Waals surface area contributed by atoms with Crippen LogP contribution in [0.5, 0.6) is 5.75 Å². The zero-order valence-corrected chi connectivity index (χ0v) is 9.31. The quantitative estimate of drug-likeness (QED) is 0.794. The minimum absolute atomic E-state index is 0.432. The highest BCUT2D eigenvalue weighted by Crippen LogP contribution is 2.19. The molecule has 0 aliphatic heterocycles. The summed E-state index contributed by atoms with van der Waals surface area (Å²) in [5.41, 5.74) is 8.18. The molecule has 0 saturated carbocycles. The fourth-order valence-corrected chi connectivity index (χ4v) is 1.45. The molecule has 0 aliphatic carbocycles. The summed E-state index contributed by atoms with van der Waals surface area (Å²) < 4.78 is 7.53. The molecular weight excluding hydrogens is 202 g/mol. The molecule has 0 saturated heterocycles. The molecule has 16 heavy (non-hydrogen) atoms. The Morgan fingerprint density at radius 2 is 2.44 bits per heavy atom. The summed E-state index contributed by atoms with van der Waals surface area (Å²) >= 11 is 0. The number of ether oxygens (including phenoxy) is 1. The molecule has 2 rings (SSSR count). The van der Waals surface area contributed by atoms with Crippen molar-refractivity contribution in [2.75, 3.05) is 6.61 Å². The summed E-state index contributed by atoms with van der Waals surface area (Å²) in [6.45, 7) is 6.66. The molecule has 2 N–H and O–H groups in total. The van der Waals surface area contributed by atoms with Crippen LogP contribution in [0.1, 0.15) is 12.6 Å². The normalized spacial score (nSPS) is 10.6. The summed E-state index contributed by atoms with van der Waals surface area (Å²) in [6, 6.07) is 3.81. The van der Waals surface area contributed by atoms with Crippen molar-refractivity contribution in [1.29, 1.82) is 0 Å². The first-order valence-corrected chi connectivity index (χ1v) is 5.14. The molecule has 4 nitrogen and oxygen atoms in total. The second kappa shape index (κ2) is 4.37. The van der Waals surface area contributed by atoms with Crippen molar-refractivity contribution >= 4 is 5.65 Å². The minimum atomic E-state index is 0.432. The molecule has 0 fully saturated rings. The van der Waals surface area contributed by atoms with E-state index < -0.39 is 0 Å². The maximum Gasteiger partial charge on any atom is 0.179 e. The molecule has 0 unspecified atom stereocenters. The Morgan fingerprint density at radius 3 is 3.12 bits per heavy atom. The van der Waals surface area contributed by atoms with Gasteiger partial charge in [0.05, 0.1) is 5.69 Å². The third-order valence-corrected chi connectivity index (χ3v) is 2.18. The van der Waals surface area contributed by atoms with Crippen LogP contribution >= 0.6 is 0 Å². The molecule has 4 heteroatoms. The van der Waals surface area contributed by atoms with Crippen LogP contribution in [0.25, 0.3) is 5.65 Å².